The van der Waals surface area contributed by atoms with Crippen LogP contribution in [0.3, 0.4) is 0 Å². The van der Waals surface area contributed by atoms with Gasteiger partial charge in [0.25, 0.3) is 5.56 Å². The number of hydrogen-bond acceptors (Lipinski definition) is 4. The molecule has 2 aromatic heterocycles. The first-order chi connectivity index (χ1) is 12.7. The summed E-state index contributed by atoms with van der Waals surface area (Å²) in [5.74, 6) is -0.609. The number of nitrogens with one attached hydrogen (secondary N) is 1. The number of rotatable bonds is 3. The van der Waals surface area contributed by atoms with E-state index in [4.69, 9.17) is 4.74 Å². The molecule has 1 N–H and O–H groups in total. The van der Waals surface area contributed by atoms with Crippen molar-refractivity contribution in [2.24, 2.45) is 0 Å². The van der Waals surface area contributed by atoms with E-state index in [-0.39, 0.29) is 39.7 Å². The summed E-state index contributed by atoms with van der Waals surface area (Å²) < 4.78 is 46.0. The van der Waals surface area contributed by atoms with Gasteiger partial charge in [0.05, 0.1) is 24.6 Å². The van der Waals surface area contributed by atoms with Gasteiger partial charge in [0.2, 0.25) is 0 Å². The molecule has 0 saturated carbocycles. The molecular formula is C18H15F3N4O2. The lowest BCUT2D eigenvalue weighted by Crippen LogP contribution is -2.22. The zero-order valence-corrected chi connectivity index (χ0v) is 14.7. The quantitative estimate of drug-likeness (QED) is 0.755. The molecule has 3 aromatic rings. The van der Waals surface area contributed by atoms with Crippen molar-refractivity contribution in [2.75, 3.05) is 7.11 Å². The summed E-state index contributed by atoms with van der Waals surface area (Å²) in [5.41, 5.74) is -0.538. The van der Waals surface area contributed by atoms with Gasteiger partial charge >= 0.3 is 6.18 Å². The maximum atomic E-state index is 13.4. The van der Waals surface area contributed by atoms with Gasteiger partial charge in [0.1, 0.15) is 17.4 Å². The fourth-order valence-electron chi connectivity index (χ4n) is 2.96. The smallest absolute Gasteiger partial charge is 0.419 e. The third-order valence-corrected chi connectivity index (χ3v) is 4.20. The molecule has 1 aromatic carbocycles. The molecule has 0 spiro atoms. The van der Waals surface area contributed by atoms with Gasteiger partial charge in [0, 0.05) is 5.56 Å². The highest BCUT2D eigenvalue weighted by molar-refractivity contribution is 5.69. The van der Waals surface area contributed by atoms with Crippen LogP contribution >= 0.6 is 0 Å². The molecular weight excluding hydrogens is 361 g/mol. The first-order valence-corrected chi connectivity index (χ1v) is 7.98. The summed E-state index contributed by atoms with van der Waals surface area (Å²) in [4.78, 5) is 15.7. The molecule has 0 atom stereocenters. The van der Waals surface area contributed by atoms with Crippen LogP contribution in [0.15, 0.2) is 29.2 Å². The Balaban J connectivity index is 2.39. The number of fused-ring (bicyclic) bond motifs is 1. The Labute approximate surface area is 151 Å². The monoisotopic (exact) mass is 376 g/mol. The van der Waals surface area contributed by atoms with Gasteiger partial charge in [-0.25, -0.2) is 0 Å². The highest BCUT2D eigenvalue weighted by Gasteiger charge is 2.35. The lowest BCUT2D eigenvalue weighted by atomic mass is 9.96. The minimum absolute atomic E-state index is 0.119. The van der Waals surface area contributed by atoms with E-state index in [2.05, 4.69) is 10.1 Å². The molecule has 6 nitrogen and oxygen atoms in total. The van der Waals surface area contributed by atoms with Crippen molar-refractivity contribution in [2.45, 2.75) is 25.9 Å². The molecule has 0 bridgehead atoms. The molecule has 9 heteroatoms. The Kier molecular flexibility index (Phi) is 4.43. The lowest BCUT2D eigenvalue weighted by Gasteiger charge is -2.16. The molecule has 0 aliphatic heterocycles. The largest absolute Gasteiger partial charge is 0.496 e. The molecule has 27 heavy (non-hydrogen) atoms. The lowest BCUT2D eigenvalue weighted by molar-refractivity contribution is -0.138. The fourth-order valence-corrected chi connectivity index (χ4v) is 2.96. The Morgan fingerprint density at radius 1 is 1.33 bits per heavy atom. The van der Waals surface area contributed by atoms with Crippen LogP contribution < -0.4 is 10.3 Å². The first-order valence-electron chi connectivity index (χ1n) is 7.98. The molecule has 0 fully saturated rings. The van der Waals surface area contributed by atoms with Crippen molar-refractivity contribution in [3.63, 3.8) is 0 Å². The zero-order chi connectivity index (χ0) is 19.9. The van der Waals surface area contributed by atoms with Crippen molar-refractivity contribution in [1.29, 1.82) is 5.26 Å². The number of ether oxygens (including phenoxy) is 1. The number of alkyl halides is 3. The van der Waals surface area contributed by atoms with Gasteiger partial charge in [-0.15, -0.1) is 0 Å². The molecule has 0 saturated heterocycles. The topological polar surface area (TPSA) is 83.2 Å². The van der Waals surface area contributed by atoms with Crippen LogP contribution in [0.2, 0.25) is 0 Å². The first kappa shape index (κ1) is 18.5. The van der Waals surface area contributed by atoms with E-state index >= 15 is 0 Å². The van der Waals surface area contributed by atoms with Crippen molar-refractivity contribution < 1.29 is 17.9 Å². The number of aromatic amines is 1. The van der Waals surface area contributed by atoms with Crippen LogP contribution in [-0.4, -0.2) is 21.7 Å². The number of hydrogen-bond donors (Lipinski definition) is 1. The molecule has 2 heterocycles. The van der Waals surface area contributed by atoms with Gasteiger partial charge in [-0.05, 0) is 29.7 Å². The Hall–Kier alpha value is -3.28. The normalized spacial score (nSPS) is 11.8. The SMILES string of the molecule is COc1ccc(-c2[nH]c3c(C#N)cnn3c(=O)c2C(C)C)cc1C(F)(F)F. The predicted molar refractivity (Wildman–Crippen MR) is 91.6 cm³/mol. The van der Waals surface area contributed by atoms with Crippen molar-refractivity contribution in [3.8, 4) is 23.1 Å². The van der Waals surface area contributed by atoms with E-state index < -0.39 is 17.3 Å². The summed E-state index contributed by atoms with van der Waals surface area (Å²) in [6.45, 7) is 3.51. The van der Waals surface area contributed by atoms with Gasteiger partial charge in [-0.3, -0.25) is 4.79 Å². The Bertz CT molecular complexity index is 1120. The van der Waals surface area contributed by atoms with E-state index in [1.807, 2.05) is 6.07 Å². The molecule has 0 radical (unpaired) electrons. The molecule has 140 valence electrons. The van der Waals surface area contributed by atoms with Crippen molar-refractivity contribution in [3.05, 3.63) is 51.4 Å². The van der Waals surface area contributed by atoms with Crippen LogP contribution in [0.25, 0.3) is 16.9 Å². The second-order valence-corrected chi connectivity index (χ2v) is 6.22. The van der Waals surface area contributed by atoms with E-state index in [1.54, 1.807) is 13.8 Å². The standard InChI is InChI=1S/C18H15F3N4O2/c1-9(2)14-15(24-16-11(7-22)8-23-25(16)17(14)26)10-4-5-13(27-3)12(6-10)18(19,20)21/h4-6,8-9,24H,1-3H3. The summed E-state index contributed by atoms with van der Waals surface area (Å²) in [7, 11) is 1.16. The fraction of sp³-hybridized carbons (Fsp3) is 0.278. The van der Waals surface area contributed by atoms with E-state index in [1.165, 1.54) is 18.3 Å². The summed E-state index contributed by atoms with van der Waals surface area (Å²) in [6, 6.07) is 5.47. The maximum absolute atomic E-state index is 13.4. The van der Waals surface area contributed by atoms with Crippen LogP contribution in [0.1, 0.15) is 36.5 Å². The summed E-state index contributed by atoms with van der Waals surface area (Å²) in [5, 5.41) is 13.1. The number of nitriles is 1. The van der Waals surface area contributed by atoms with Crippen molar-refractivity contribution >= 4 is 5.65 Å². The predicted octanol–water partition coefficient (Wildman–Crippen LogP) is 3.71. The van der Waals surface area contributed by atoms with E-state index in [0.29, 0.717) is 0 Å². The molecule has 0 aliphatic rings. The minimum atomic E-state index is -4.63. The van der Waals surface area contributed by atoms with Crippen LogP contribution in [-0.2, 0) is 6.18 Å². The third-order valence-electron chi connectivity index (χ3n) is 4.20. The number of aromatic nitrogens is 3. The van der Waals surface area contributed by atoms with Crippen molar-refractivity contribution in [1.82, 2.24) is 14.6 Å². The molecule has 0 aliphatic carbocycles. The second kappa shape index (κ2) is 6.46. The Morgan fingerprint density at radius 3 is 2.59 bits per heavy atom. The maximum Gasteiger partial charge on any atom is 0.419 e. The van der Waals surface area contributed by atoms with Gasteiger partial charge in [-0.2, -0.15) is 28.0 Å². The van der Waals surface area contributed by atoms with Crippen LogP contribution in [0, 0.1) is 11.3 Å². The average Bonchev–Trinajstić information content (AvgIpc) is 3.03. The number of H-pyrrole nitrogens is 1. The molecule has 0 unspecified atom stereocenters. The van der Waals surface area contributed by atoms with Crippen LogP contribution in [0.4, 0.5) is 13.2 Å². The Morgan fingerprint density at radius 2 is 2.04 bits per heavy atom. The number of halogens is 3. The highest BCUT2D eigenvalue weighted by atomic mass is 19.4. The number of nitrogens with zero attached hydrogens (tertiary/aromatic N) is 3. The summed E-state index contributed by atoms with van der Waals surface area (Å²) in [6.07, 6.45) is -3.39. The average molecular weight is 376 g/mol. The van der Waals surface area contributed by atoms with Crippen LogP contribution in [0.5, 0.6) is 5.75 Å². The minimum Gasteiger partial charge on any atom is -0.496 e. The zero-order valence-electron chi connectivity index (χ0n) is 14.7. The summed E-state index contributed by atoms with van der Waals surface area (Å²) >= 11 is 0. The molecule has 3 rings (SSSR count). The van der Waals surface area contributed by atoms with E-state index in [9.17, 15) is 23.2 Å². The second-order valence-electron chi connectivity index (χ2n) is 6.22. The number of methoxy groups -OCH3 is 1. The van der Waals surface area contributed by atoms with Gasteiger partial charge in [0.15, 0.2) is 5.65 Å². The third kappa shape index (κ3) is 3.03. The van der Waals surface area contributed by atoms with Gasteiger partial charge < -0.3 is 9.72 Å². The molecule has 0 amide bonds. The number of benzene rings is 1. The van der Waals surface area contributed by atoms with Gasteiger partial charge in [-0.1, -0.05) is 13.8 Å². The highest BCUT2D eigenvalue weighted by Crippen LogP contribution is 2.39. The van der Waals surface area contributed by atoms with E-state index in [0.717, 1.165) is 17.7 Å².